The minimum Gasteiger partial charge on any atom is -0.218 e. The fourth-order valence-corrected chi connectivity index (χ4v) is 4.52. The van der Waals surface area contributed by atoms with Crippen molar-refractivity contribution in [1.29, 1.82) is 10.5 Å². The molecule has 0 rings (SSSR count). The number of hydrogen-bond acceptors (Lipinski definition) is 6. The summed E-state index contributed by atoms with van der Waals surface area (Å²) >= 11 is 0. The van der Waals surface area contributed by atoms with Crippen LogP contribution >= 0.6 is 0 Å². The number of alkyl halides is 6. The minimum absolute atomic E-state index is 0.905. The van der Waals surface area contributed by atoms with Crippen LogP contribution in [0.4, 0.5) is 26.3 Å². The fourth-order valence-electron chi connectivity index (χ4n) is 1.04. The molecule has 0 unspecified atom stereocenters. The first-order valence-electron chi connectivity index (χ1n) is 4.52. The molecule has 6 nitrogen and oxygen atoms in total. The average molecular weight is 358 g/mol. The lowest BCUT2D eigenvalue weighted by Crippen LogP contribution is -2.45. The molecule has 0 amide bonds. The maximum Gasteiger partial charge on any atom is 0.498 e. The quantitative estimate of drug-likeness (QED) is 0.698. The predicted molar refractivity (Wildman–Crippen MR) is 53.1 cm³/mol. The van der Waals surface area contributed by atoms with Crippen LogP contribution in [-0.4, -0.2) is 32.4 Å². The Balaban J connectivity index is 6.25. The third kappa shape index (κ3) is 3.76. The van der Waals surface area contributed by atoms with Crippen LogP contribution < -0.4 is 0 Å². The standard InChI is InChI=1S/C7H4F6N2O4S2/c8-6(9,10)20(16,17)5(1-4(2-14)3-15)21(18,19)7(11,12)13/h4-5H,1H2. The van der Waals surface area contributed by atoms with Crippen molar-refractivity contribution in [1.82, 2.24) is 0 Å². The summed E-state index contributed by atoms with van der Waals surface area (Å²) in [6.45, 7) is 0. The normalized spacial score (nSPS) is 14.0. The summed E-state index contributed by atoms with van der Waals surface area (Å²) in [5.41, 5.74) is -12.6. The minimum atomic E-state index is -6.80. The van der Waals surface area contributed by atoms with E-state index in [1.165, 1.54) is 0 Å². The van der Waals surface area contributed by atoms with Crippen molar-refractivity contribution in [2.45, 2.75) is 22.0 Å². The molecule has 0 radical (unpaired) electrons. The van der Waals surface area contributed by atoms with Crippen molar-refractivity contribution in [3.63, 3.8) is 0 Å². The lowest BCUT2D eigenvalue weighted by atomic mass is 10.1. The van der Waals surface area contributed by atoms with Crippen molar-refractivity contribution >= 4 is 19.7 Å². The average Bonchev–Trinajstić information content (AvgIpc) is 2.26. The molecule has 0 N–H and O–H groups in total. The van der Waals surface area contributed by atoms with E-state index in [1.807, 2.05) is 0 Å². The molecule has 0 aromatic heterocycles. The first-order valence-corrected chi connectivity index (χ1v) is 7.61. The van der Waals surface area contributed by atoms with Crippen LogP contribution in [0.25, 0.3) is 0 Å². The smallest absolute Gasteiger partial charge is 0.218 e. The zero-order chi connectivity index (χ0) is 17.3. The van der Waals surface area contributed by atoms with Crippen LogP contribution in [-0.2, 0) is 19.7 Å². The first-order chi connectivity index (χ1) is 9.12. The van der Waals surface area contributed by atoms with Gasteiger partial charge in [0.1, 0.15) is 5.92 Å². The highest BCUT2D eigenvalue weighted by Gasteiger charge is 2.63. The number of nitriles is 2. The lowest BCUT2D eigenvalue weighted by molar-refractivity contribution is -0.0473. The molecule has 21 heavy (non-hydrogen) atoms. The molecule has 14 heteroatoms. The monoisotopic (exact) mass is 358 g/mol. The van der Waals surface area contributed by atoms with E-state index in [-0.39, 0.29) is 0 Å². The van der Waals surface area contributed by atoms with Crippen LogP contribution in [0, 0.1) is 28.6 Å². The van der Waals surface area contributed by atoms with Gasteiger partial charge in [-0.25, -0.2) is 16.8 Å². The zero-order valence-electron chi connectivity index (χ0n) is 9.47. The van der Waals surface area contributed by atoms with Gasteiger partial charge in [-0.2, -0.15) is 36.9 Å². The molecule has 0 saturated heterocycles. The van der Waals surface area contributed by atoms with Gasteiger partial charge in [-0.05, 0) is 0 Å². The van der Waals surface area contributed by atoms with Gasteiger partial charge in [-0.15, -0.1) is 0 Å². The van der Waals surface area contributed by atoms with E-state index in [1.54, 1.807) is 0 Å². The number of rotatable bonds is 4. The largest absolute Gasteiger partial charge is 0.498 e. The van der Waals surface area contributed by atoms with E-state index in [2.05, 4.69) is 0 Å². The molecule has 0 bridgehead atoms. The molecule has 0 fully saturated rings. The molecule has 0 aromatic carbocycles. The van der Waals surface area contributed by atoms with Crippen LogP contribution in [0.3, 0.4) is 0 Å². The summed E-state index contributed by atoms with van der Waals surface area (Å²) in [5, 5.41) is 16.6. The maximum atomic E-state index is 12.3. The van der Waals surface area contributed by atoms with Crippen molar-refractivity contribution in [3.8, 4) is 12.1 Å². The Kier molecular flexibility index (Phi) is 5.27. The molecule has 0 aromatic rings. The Labute approximate surface area is 114 Å². The van der Waals surface area contributed by atoms with Gasteiger partial charge in [0.05, 0.1) is 12.1 Å². The highest BCUT2D eigenvalue weighted by atomic mass is 32.3. The molecule has 120 valence electrons. The Morgan fingerprint density at radius 3 is 1.29 bits per heavy atom. The number of hydrogen-bond donors (Lipinski definition) is 0. The highest BCUT2D eigenvalue weighted by Crippen LogP contribution is 2.38. The molecular formula is C7H4F6N2O4S2. The van der Waals surface area contributed by atoms with Crippen LogP contribution in [0.1, 0.15) is 6.42 Å². The Morgan fingerprint density at radius 2 is 1.10 bits per heavy atom. The lowest BCUT2D eigenvalue weighted by Gasteiger charge is -2.20. The Morgan fingerprint density at radius 1 is 0.810 bits per heavy atom. The predicted octanol–water partition coefficient (Wildman–Crippen LogP) is 1.24. The molecule has 0 atom stereocenters. The summed E-state index contributed by atoms with van der Waals surface area (Å²) in [5.74, 6) is -2.29. The van der Waals surface area contributed by atoms with Gasteiger partial charge in [-0.1, -0.05) is 0 Å². The second-order valence-corrected chi connectivity index (χ2v) is 8.00. The summed E-state index contributed by atoms with van der Waals surface area (Å²) in [6, 6.07) is 1.81. The van der Waals surface area contributed by atoms with E-state index in [4.69, 9.17) is 10.5 Å². The van der Waals surface area contributed by atoms with Crippen molar-refractivity contribution in [3.05, 3.63) is 0 Å². The van der Waals surface area contributed by atoms with Gasteiger partial charge in [0.15, 0.2) is 4.58 Å². The second kappa shape index (κ2) is 5.69. The number of nitrogens with zero attached hydrogens (tertiary/aromatic N) is 2. The van der Waals surface area contributed by atoms with Gasteiger partial charge < -0.3 is 0 Å². The molecule has 0 saturated carbocycles. The van der Waals surface area contributed by atoms with E-state index in [0.29, 0.717) is 0 Å². The molecule has 0 aliphatic heterocycles. The highest BCUT2D eigenvalue weighted by molar-refractivity contribution is 8.09. The van der Waals surface area contributed by atoms with E-state index >= 15 is 0 Å². The Hall–Kier alpha value is -1.54. The number of halogens is 6. The van der Waals surface area contributed by atoms with E-state index in [0.717, 1.165) is 12.1 Å². The van der Waals surface area contributed by atoms with Crippen molar-refractivity contribution < 1.29 is 43.2 Å². The van der Waals surface area contributed by atoms with Gasteiger partial charge in [-0.3, -0.25) is 0 Å². The van der Waals surface area contributed by atoms with Gasteiger partial charge in [0.2, 0.25) is 0 Å². The summed E-state index contributed by atoms with van der Waals surface area (Å²) in [7, 11) is -13.6. The molecule has 0 heterocycles. The zero-order valence-corrected chi connectivity index (χ0v) is 11.1. The third-order valence-electron chi connectivity index (χ3n) is 2.08. The molecule has 0 aliphatic carbocycles. The van der Waals surface area contributed by atoms with Gasteiger partial charge in [0, 0.05) is 6.42 Å². The summed E-state index contributed by atoms with van der Waals surface area (Å²) in [6.07, 6.45) is -1.98. The molecule has 0 aliphatic rings. The number of sulfone groups is 2. The van der Waals surface area contributed by atoms with Crippen molar-refractivity contribution in [2.24, 2.45) is 5.92 Å². The van der Waals surface area contributed by atoms with Crippen LogP contribution in [0.5, 0.6) is 0 Å². The third-order valence-corrected chi connectivity index (χ3v) is 6.66. The van der Waals surface area contributed by atoms with Crippen LogP contribution in [0.2, 0.25) is 0 Å². The van der Waals surface area contributed by atoms with Crippen LogP contribution in [0.15, 0.2) is 0 Å². The van der Waals surface area contributed by atoms with E-state index < -0.39 is 47.6 Å². The summed E-state index contributed by atoms with van der Waals surface area (Å²) < 4.78 is 114. The van der Waals surface area contributed by atoms with Gasteiger partial charge >= 0.3 is 11.0 Å². The topological polar surface area (TPSA) is 116 Å². The first kappa shape index (κ1) is 19.5. The Bertz CT molecular complexity index is 621. The summed E-state index contributed by atoms with van der Waals surface area (Å²) in [4.78, 5) is 0. The van der Waals surface area contributed by atoms with Crippen molar-refractivity contribution in [2.75, 3.05) is 0 Å². The molecular weight excluding hydrogens is 354 g/mol. The maximum absolute atomic E-state index is 12.3. The second-order valence-electron chi connectivity index (χ2n) is 3.46. The fraction of sp³-hybridized carbons (Fsp3) is 0.714. The van der Waals surface area contributed by atoms with E-state index in [9.17, 15) is 43.2 Å². The SMILES string of the molecule is N#CC(C#N)CC(S(=O)(=O)C(F)(F)F)S(=O)(=O)C(F)(F)F. The molecule has 0 spiro atoms. The van der Waals surface area contributed by atoms with Gasteiger partial charge in [0.25, 0.3) is 19.7 Å².